The Morgan fingerprint density at radius 3 is 2.92 bits per heavy atom. The van der Waals surface area contributed by atoms with Gasteiger partial charge in [-0.15, -0.1) is 0 Å². The molecule has 0 aromatic heterocycles. The standard InChI is InChI=1S/C8H15NO3/c1-6(10)11-5-8-3-2-7(9)4-12-8/h7-8H,2-5,9H2,1H3/t7-,8+/m1/s1. The average Bonchev–Trinajstić information content (AvgIpc) is 2.03. The number of esters is 1. The van der Waals surface area contributed by atoms with Crippen molar-refractivity contribution >= 4 is 5.97 Å². The Hall–Kier alpha value is -0.610. The maximum absolute atomic E-state index is 10.4. The van der Waals surface area contributed by atoms with Crippen molar-refractivity contribution in [3.63, 3.8) is 0 Å². The van der Waals surface area contributed by atoms with Crippen LogP contribution >= 0.6 is 0 Å². The van der Waals surface area contributed by atoms with Crippen LogP contribution in [-0.4, -0.2) is 31.3 Å². The third-order valence-corrected chi connectivity index (χ3v) is 1.88. The predicted octanol–water partition coefficient (Wildman–Crippen LogP) is 0.0558. The molecular formula is C8H15NO3. The van der Waals surface area contributed by atoms with Crippen molar-refractivity contribution in [2.45, 2.75) is 31.9 Å². The molecule has 0 spiro atoms. The molecule has 70 valence electrons. The minimum atomic E-state index is -0.256. The first-order valence-corrected chi connectivity index (χ1v) is 4.19. The van der Waals surface area contributed by atoms with Crippen LogP contribution in [0.4, 0.5) is 0 Å². The van der Waals surface area contributed by atoms with Crippen molar-refractivity contribution in [2.24, 2.45) is 5.73 Å². The van der Waals surface area contributed by atoms with Gasteiger partial charge in [0.25, 0.3) is 0 Å². The summed E-state index contributed by atoms with van der Waals surface area (Å²) >= 11 is 0. The van der Waals surface area contributed by atoms with E-state index in [-0.39, 0.29) is 18.1 Å². The molecule has 1 rings (SSSR count). The summed E-state index contributed by atoms with van der Waals surface area (Å²) in [5.74, 6) is -0.256. The largest absolute Gasteiger partial charge is 0.463 e. The molecular weight excluding hydrogens is 158 g/mol. The van der Waals surface area contributed by atoms with Crippen molar-refractivity contribution in [1.29, 1.82) is 0 Å². The highest BCUT2D eigenvalue weighted by Gasteiger charge is 2.19. The van der Waals surface area contributed by atoms with E-state index in [1.807, 2.05) is 0 Å². The molecule has 1 aliphatic heterocycles. The number of carbonyl (C=O) groups is 1. The van der Waals surface area contributed by atoms with E-state index in [1.165, 1.54) is 6.92 Å². The predicted molar refractivity (Wildman–Crippen MR) is 43.6 cm³/mol. The number of hydrogen-bond donors (Lipinski definition) is 1. The molecule has 0 bridgehead atoms. The Kier molecular flexibility index (Phi) is 3.49. The SMILES string of the molecule is CC(=O)OC[C@@H]1CC[C@@H](N)CO1. The molecule has 0 aliphatic carbocycles. The first kappa shape index (κ1) is 9.48. The van der Waals surface area contributed by atoms with Gasteiger partial charge >= 0.3 is 5.97 Å². The molecule has 1 heterocycles. The van der Waals surface area contributed by atoms with Crippen LogP contribution in [0.25, 0.3) is 0 Å². The van der Waals surface area contributed by atoms with E-state index in [0.717, 1.165) is 12.8 Å². The van der Waals surface area contributed by atoms with Crippen molar-refractivity contribution in [1.82, 2.24) is 0 Å². The van der Waals surface area contributed by atoms with Gasteiger partial charge in [-0.2, -0.15) is 0 Å². The van der Waals surface area contributed by atoms with Crippen LogP contribution in [0, 0.1) is 0 Å². The Morgan fingerprint density at radius 1 is 1.67 bits per heavy atom. The monoisotopic (exact) mass is 173 g/mol. The lowest BCUT2D eigenvalue weighted by Crippen LogP contribution is -2.37. The van der Waals surface area contributed by atoms with Crippen LogP contribution in [0.15, 0.2) is 0 Å². The Bertz CT molecular complexity index is 152. The molecule has 0 aromatic carbocycles. The normalized spacial score (nSPS) is 29.8. The lowest BCUT2D eigenvalue weighted by atomic mass is 10.1. The first-order chi connectivity index (χ1) is 5.68. The minimum absolute atomic E-state index is 0.0497. The van der Waals surface area contributed by atoms with Gasteiger partial charge in [-0.1, -0.05) is 0 Å². The first-order valence-electron chi connectivity index (χ1n) is 4.19. The molecule has 1 saturated heterocycles. The maximum Gasteiger partial charge on any atom is 0.302 e. The summed E-state index contributed by atoms with van der Waals surface area (Å²) in [5.41, 5.74) is 5.62. The van der Waals surface area contributed by atoms with Crippen molar-refractivity contribution < 1.29 is 14.3 Å². The summed E-state index contributed by atoms with van der Waals surface area (Å²) in [7, 11) is 0. The Morgan fingerprint density at radius 2 is 2.42 bits per heavy atom. The Balaban J connectivity index is 2.13. The molecule has 2 atom stereocenters. The average molecular weight is 173 g/mol. The van der Waals surface area contributed by atoms with E-state index in [0.29, 0.717) is 13.2 Å². The van der Waals surface area contributed by atoms with Crippen LogP contribution in [-0.2, 0) is 14.3 Å². The van der Waals surface area contributed by atoms with Crippen molar-refractivity contribution in [3.05, 3.63) is 0 Å². The van der Waals surface area contributed by atoms with Gasteiger partial charge in [0.05, 0.1) is 12.7 Å². The number of hydrogen-bond acceptors (Lipinski definition) is 4. The second-order valence-electron chi connectivity index (χ2n) is 3.10. The maximum atomic E-state index is 10.4. The lowest BCUT2D eigenvalue weighted by molar-refractivity contribution is -0.146. The fourth-order valence-electron chi connectivity index (χ4n) is 1.17. The fourth-order valence-corrected chi connectivity index (χ4v) is 1.17. The zero-order valence-corrected chi connectivity index (χ0v) is 7.29. The van der Waals surface area contributed by atoms with E-state index >= 15 is 0 Å². The van der Waals surface area contributed by atoms with E-state index in [1.54, 1.807) is 0 Å². The molecule has 0 radical (unpaired) electrons. The van der Waals surface area contributed by atoms with Gasteiger partial charge in [0.15, 0.2) is 0 Å². The molecule has 2 N–H and O–H groups in total. The van der Waals surface area contributed by atoms with Gasteiger partial charge < -0.3 is 15.2 Å². The third-order valence-electron chi connectivity index (χ3n) is 1.88. The molecule has 0 aromatic rings. The molecule has 0 saturated carbocycles. The summed E-state index contributed by atoms with van der Waals surface area (Å²) in [6.07, 6.45) is 1.88. The van der Waals surface area contributed by atoms with Crippen molar-refractivity contribution in [2.75, 3.05) is 13.2 Å². The van der Waals surface area contributed by atoms with E-state index in [4.69, 9.17) is 15.2 Å². The van der Waals surface area contributed by atoms with E-state index in [9.17, 15) is 4.79 Å². The smallest absolute Gasteiger partial charge is 0.302 e. The second kappa shape index (κ2) is 4.42. The van der Waals surface area contributed by atoms with Gasteiger partial charge in [-0.3, -0.25) is 4.79 Å². The lowest BCUT2D eigenvalue weighted by Gasteiger charge is -2.26. The van der Waals surface area contributed by atoms with Crippen LogP contribution < -0.4 is 5.73 Å². The number of ether oxygens (including phenoxy) is 2. The van der Waals surface area contributed by atoms with E-state index in [2.05, 4.69) is 0 Å². The van der Waals surface area contributed by atoms with Crippen LogP contribution in [0.3, 0.4) is 0 Å². The number of carbonyl (C=O) groups excluding carboxylic acids is 1. The van der Waals surface area contributed by atoms with Gasteiger partial charge in [-0.05, 0) is 12.8 Å². The zero-order valence-electron chi connectivity index (χ0n) is 7.29. The van der Waals surface area contributed by atoms with Crippen LogP contribution in [0.1, 0.15) is 19.8 Å². The highest BCUT2D eigenvalue weighted by atomic mass is 16.6. The third kappa shape index (κ3) is 3.19. The molecule has 1 aliphatic rings. The van der Waals surface area contributed by atoms with Crippen LogP contribution in [0.5, 0.6) is 0 Å². The molecule has 12 heavy (non-hydrogen) atoms. The second-order valence-corrected chi connectivity index (χ2v) is 3.10. The summed E-state index contributed by atoms with van der Waals surface area (Å²) < 4.78 is 10.2. The Labute approximate surface area is 72.0 Å². The molecule has 4 heteroatoms. The molecule has 4 nitrogen and oxygen atoms in total. The summed E-state index contributed by atoms with van der Waals surface area (Å²) in [4.78, 5) is 10.4. The summed E-state index contributed by atoms with van der Waals surface area (Å²) in [6, 6.07) is 0.151. The highest BCUT2D eigenvalue weighted by molar-refractivity contribution is 5.65. The summed E-state index contributed by atoms with van der Waals surface area (Å²) in [6.45, 7) is 2.34. The van der Waals surface area contributed by atoms with E-state index < -0.39 is 0 Å². The summed E-state index contributed by atoms with van der Waals surface area (Å²) in [5, 5.41) is 0. The quantitative estimate of drug-likeness (QED) is 0.600. The minimum Gasteiger partial charge on any atom is -0.463 e. The van der Waals surface area contributed by atoms with Gasteiger partial charge in [0.1, 0.15) is 6.61 Å². The highest BCUT2D eigenvalue weighted by Crippen LogP contribution is 2.12. The molecule has 0 amide bonds. The van der Waals surface area contributed by atoms with Gasteiger partial charge in [0.2, 0.25) is 0 Å². The molecule has 1 fully saturated rings. The number of rotatable bonds is 2. The van der Waals surface area contributed by atoms with Gasteiger partial charge in [0, 0.05) is 13.0 Å². The van der Waals surface area contributed by atoms with Gasteiger partial charge in [-0.25, -0.2) is 0 Å². The van der Waals surface area contributed by atoms with Crippen molar-refractivity contribution in [3.8, 4) is 0 Å². The van der Waals surface area contributed by atoms with Crippen LogP contribution in [0.2, 0.25) is 0 Å². The topological polar surface area (TPSA) is 61.5 Å². The fraction of sp³-hybridized carbons (Fsp3) is 0.875. The zero-order chi connectivity index (χ0) is 8.97. The molecule has 0 unspecified atom stereocenters. The number of nitrogens with two attached hydrogens (primary N) is 1.